The van der Waals surface area contributed by atoms with Crippen LogP contribution in [-0.4, -0.2) is 46.5 Å². The number of aliphatic hydroxyl groups excluding tert-OH is 1. The van der Waals surface area contributed by atoms with Crippen molar-refractivity contribution < 1.29 is 5.11 Å². The zero-order valence-electron chi connectivity index (χ0n) is 13.0. The van der Waals surface area contributed by atoms with Crippen molar-refractivity contribution in [2.24, 2.45) is 5.92 Å². The number of hydrogen-bond acceptors (Lipinski definition) is 7. The summed E-state index contributed by atoms with van der Waals surface area (Å²) in [5.41, 5.74) is 5.07. The van der Waals surface area contributed by atoms with Gasteiger partial charge in [0.05, 0.1) is 16.9 Å². The first kappa shape index (κ1) is 15.0. The van der Waals surface area contributed by atoms with E-state index in [0.29, 0.717) is 12.5 Å². The molecule has 1 atom stereocenters. The van der Waals surface area contributed by atoms with E-state index in [1.54, 1.807) is 5.51 Å². The average Bonchev–Trinajstić information content (AvgIpc) is 3.19. The van der Waals surface area contributed by atoms with Crippen molar-refractivity contribution in [3.8, 4) is 0 Å². The molecule has 0 amide bonds. The van der Waals surface area contributed by atoms with Crippen molar-refractivity contribution in [2.45, 2.75) is 25.4 Å². The summed E-state index contributed by atoms with van der Waals surface area (Å²) in [6.45, 7) is 3.48. The predicted octanol–water partition coefficient (Wildman–Crippen LogP) is 1.18. The van der Waals surface area contributed by atoms with Crippen molar-refractivity contribution in [3.63, 3.8) is 0 Å². The minimum atomic E-state index is -0.514. The van der Waals surface area contributed by atoms with Gasteiger partial charge in [-0.2, -0.15) is 5.10 Å². The monoisotopic (exact) mass is 331 g/mol. The number of nitrogens with zero attached hydrogens (tertiary/aromatic N) is 4. The number of hydrogen-bond donors (Lipinski definition) is 2. The molecule has 1 unspecified atom stereocenters. The van der Waals surface area contributed by atoms with Crippen molar-refractivity contribution in [3.05, 3.63) is 33.9 Å². The van der Waals surface area contributed by atoms with E-state index < -0.39 is 6.10 Å². The van der Waals surface area contributed by atoms with Gasteiger partial charge in [-0.25, -0.2) is 4.98 Å². The Balaban J connectivity index is 1.21. The molecule has 0 bridgehead atoms. The number of aryl methyl sites for hydroxylation is 2. The van der Waals surface area contributed by atoms with E-state index in [9.17, 15) is 5.11 Å². The largest absolute Gasteiger partial charge is 0.385 e. The first-order valence-corrected chi connectivity index (χ1v) is 9.11. The van der Waals surface area contributed by atoms with Crippen molar-refractivity contribution in [1.82, 2.24) is 20.5 Å². The number of aromatic nitrogens is 3. The Morgan fingerprint density at radius 3 is 3.09 bits per heavy atom. The summed E-state index contributed by atoms with van der Waals surface area (Å²) < 4.78 is 0. The third-order valence-electron chi connectivity index (χ3n) is 4.65. The van der Waals surface area contributed by atoms with Gasteiger partial charge >= 0.3 is 0 Å². The maximum Gasteiger partial charge on any atom is 0.151 e. The second-order valence-electron chi connectivity index (χ2n) is 6.39. The molecule has 0 aromatic carbocycles. The number of nitrogens with one attached hydrogen (secondary N) is 1. The van der Waals surface area contributed by atoms with Crippen molar-refractivity contribution in [2.75, 3.05) is 31.1 Å². The molecular formula is C16H21N5OS. The fourth-order valence-electron chi connectivity index (χ4n) is 3.27. The Kier molecular flexibility index (Phi) is 4.24. The minimum Gasteiger partial charge on any atom is -0.385 e. The Labute approximate surface area is 139 Å². The maximum atomic E-state index is 9.99. The molecular weight excluding hydrogens is 310 g/mol. The summed E-state index contributed by atoms with van der Waals surface area (Å²) in [5, 5.41) is 23.9. The van der Waals surface area contributed by atoms with E-state index in [-0.39, 0.29) is 0 Å². The zero-order chi connectivity index (χ0) is 15.6. The highest BCUT2D eigenvalue weighted by atomic mass is 32.1. The quantitative estimate of drug-likeness (QED) is 0.828. The van der Waals surface area contributed by atoms with E-state index in [4.69, 9.17) is 0 Å². The molecule has 2 N–H and O–H groups in total. The SMILES string of the molecule is OC(CNCC1CN(c2cc3c(nn2)CCC3)C1)c1cscn1. The maximum absolute atomic E-state index is 9.99. The lowest BCUT2D eigenvalue weighted by molar-refractivity contribution is 0.167. The zero-order valence-corrected chi connectivity index (χ0v) is 13.8. The van der Waals surface area contributed by atoms with Gasteiger partial charge in [-0.15, -0.1) is 16.4 Å². The Bertz CT molecular complexity index is 656. The molecule has 1 fully saturated rings. The summed E-state index contributed by atoms with van der Waals surface area (Å²) in [5.74, 6) is 1.62. The van der Waals surface area contributed by atoms with Gasteiger partial charge in [0.15, 0.2) is 5.82 Å². The van der Waals surface area contributed by atoms with Gasteiger partial charge in [0, 0.05) is 37.5 Å². The van der Waals surface area contributed by atoms with Gasteiger partial charge in [-0.1, -0.05) is 0 Å². The highest BCUT2D eigenvalue weighted by molar-refractivity contribution is 7.07. The second kappa shape index (κ2) is 6.51. The van der Waals surface area contributed by atoms with Gasteiger partial charge in [-0.05, 0) is 30.9 Å². The van der Waals surface area contributed by atoms with Crippen LogP contribution >= 0.6 is 11.3 Å². The predicted molar refractivity (Wildman–Crippen MR) is 89.7 cm³/mol. The van der Waals surface area contributed by atoms with Crippen LogP contribution in [0.1, 0.15) is 29.5 Å². The Morgan fingerprint density at radius 1 is 1.35 bits per heavy atom. The van der Waals surface area contributed by atoms with Crippen LogP contribution in [0.2, 0.25) is 0 Å². The molecule has 2 aromatic heterocycles. The summed E-state index contributed by atoms with van der Waals surface area (Å²) >= 11 is 1.51. The minimum absolute atomic E-state index is 0.514. The van der Waals surface area contributed by atoms with Crippen molar-refractivity contribution in [1.29, 1.82) is 0 Å². The van der Waals surface area contributed by atoms with E-state index in [2.05, 4.69) is 31.5 Å². The molecule has 1 aliphatic carbocycles. The number of rotatable bonds is 6. The smallest absolute Gasteiger partial charge is 0.151 e. The first-order valence-electron chi connectivity index (χ1n) is 8.17. The van der Waals surface area contributed by atoms with Crippen LogP contribution in [0.25, 0.3) is 0 Å². The number of thiazole rings is 1. The third kappa shape index (κ3) is 3.22. The fourth-order valence-corrected chi connectivity index (χ4v) is 3.87. The molecule has 0 radical (unpaired) electrons. The normalized spacial score (nSPS) is 18.7. The average molecular weight is 331 g/mol. The summed E-state index contributed by atoms with van der Waals surface area (Å²) in [6, 6.07) is 2.21. The van der Waals surface area contributed by atoms with Crippen LogP contribution < -0.4 is 10.2 Å². The molecule has 0 spiro atoms. The molecule has 2 aromatic rings. The van der Waals surface area contributed by atoms with Gasteiger partial charge in [0.25, 0.3) is 0 Å². The van der Waals surface area contributed by atoms with Gasteiger partial charge < -0.3 is 15.3 Å². The molecule has 1 saturated heterocycles. The van der Waals surface area contributed by atoms with Gasteiger partial charge in [0.2, 0.25) is 0 Å². The van der Waals surface area contributed by atoms with Crippen LogP contribution in [0.15, 0.2) is 17.0 Å². The number of anilines is 1. The lowest BCUT2D eigenvalue weighted by Gasteiger charge is -2.40. The molecule has 3 heterocycles. The standard InChI is InChI=1S/C16H21N5OS/c22-15(14-9-23-10-18-14)6-17-5-11-7-21(8-11)16-4-12-2-1-3-13(12)19-20-16/h4,9-11,15,17,22H,1-3,5-8H2. The third-order valence-corrected chi connectivity index (χ3v) is 5.26. The van der Waals surface area contributed by atoms with Gasteiger partial charge in [0.1, 0.15) is 6.10 Å². The van der Waals surface area contributed by atoms with Crippen molar-refractivity contribution >= 4 is 17.2 Å². The fraction of sp³-hybridized carbons (Fsp3) is 0.562. The summed E-state index contributed by atoms with van der Waals surface area (Å²) in [7, 11) is 0. The molecule has 7 heteroatoms. The Hall–Kier alpha value is -1.57. The van der Waals surface area contributed by atoms with Crippen LogP contribution in [0.5, 0.6) is 0 Å². The highest BCUT2D eigenvalue weighted by Crippen LogP contribution is 2.26. The second-order valence-corrected chi connectivity index (χ2v) is 7.11. The molecule has 2 aliphatic rings. The van der Waals surface area contributed by atoms with Gasteiger partial charge in [-0.3, -0.25) is 0 Å². The molecule has 6 nitrogen and oxygen atoms in total. The van der Waals surface area contributed by atoms with E-state index in [1.165, 1.54) is 29.0 Å². The van der Waals surface area contributed by atoms with Crippen LogP contribution in [-0.2, 0) is 12.8 Å². The lowest BCUT2D eigenvalue weighted by atomic mass is 10.00. The molecule has 23 heavy (non-hydrogen) atoms. The first-order chi connectivity index (χ1) is 11.3. The van der Waals surface area contributed by atoms with E-state index >= 15 is 0 Å². The van der Waals surface area contributed by atoms with Crippen LogP contribution in [0.3, 0.4) is 0 Å². The number of fused-ring (bicyclic) bond motifs is 1. The van der Waals surface area contributed by atoms with E-state index in [1.807, 2.05) is 5.38 Å². The number of aliphatic hydroxyl groups is 1. The lowest BCUT2D eigenvalue weighted by Crippen LogP contribution is -2.51. The molecule has 1 aliphatic heterocycles. The topological polar surface area (TPSA) is 74.2 Å². The molecule has 4 rings (SSSR count). The summed E-state index contributed by atoms with van der Waals surface area (Å²) in [6.07, 6.45) is 2.92. The molecule has 122 valence electrons. The molecule has 0 saturated carbocycles. The van der Waals surface area contributed by atoms with Crippen LogP contribution in [0, 0.1) is 5.92 Å². The van der Waals surface area contributed by atoms with Crippen LogP contribution in [0.4, 0.5) is 5.82 Å². The Morgan fingerprint density at radius 2 is 2.26 bits per heavy atom. The summed E-state index contributed by atoms with van der Waals surface area (Å²) in [4.78, 5) is 6.42. The van der Waals surface area contributed by atoms with E-state index in [0.717, 1.165) is 44.0 Å². The highest BCUT2D eigenvalue weighted by Gasteiger charge is 2.28.